The Bertz CT molecular complexity index is 2640. The molecule has 0 aliphatic heterocycles. The third-order valence-electron chi connectivity index (χ3n) is 7.82. The molecule has 0 bridgehead atoms. The van der Waals surface area contributed by atoms with E-state index in [4.69, 9.17) is 0 Å². The van der Waals surface area contributed by atoms with Crippen LogP contribution >= 0.6 is 0 Å². The quantitative estimate of drug-likeness (QED) is 0.154. The molecule has 10 heteroatoms. The molecule has 0 amide bonds. The Hall–Kier alpha value is -6.16. The van der Waals surface area contributed by atoms with Gasteiger partial charge in [-0.3, -0.25) is 14.0 Å². The molecule has 0 saturated carbocycles. The number of aromatic nitrogens is 8. The Morgan fingerprint density at radius 2 is 0.962 bits per heavy atom. The van der Waals surface area contributed by atoms with Crippen LogP contribution in [0.3, 0.4) is 0 Å². The zero-order valence-electron chi connectivity index (χ0n) is 31.0. The molecule has 0 fully saturated rings. The Labute approximate surface area is 301 Å². The van der Waals surface area contributed by atoms with Crippen molar-refractivity contribution in [1.82, 2.24) is 38.7 Å². The van der Waals surface area contributed by atoms with E-state index in [1.165, 1.54) is 25.5 Å². The standard InChI is InChI=1S/2C16H8N4O.2C3H8.2C2H6/c21-16-11-6-2-4-9-3-1-5-10(13(9)11)15-19-14-12(20(15)16)7-17-8-18-14;21-16-11-6-2-4-9-3-1-5-10(13(9)11)14-19-12-7-17-8-18-15(12)20(14)16;2*1-3-2;2*1-2/h2*1-8H;2*3H2,1-2H3;2*1-2H3. The highest BCUT2D eigenvalue weighted by atomic mass is 16.1. The molecule has 0 N–H and O–H groups in total. The third-order valence-corrected chi connectivity index (χ3v) is 7.82. The van der Waals surface area contributed by atoms with Crippen molar-refractivity contribution < 1.29 is 0 Å². The minimum Gasteiger partial charge on any atom is -0.268 e. The lowest BCUT2D eigenvalue weighted by atomic mass is 10.0. The molecule has 10 nitrogen and oxygen atoms in total. The second-order valence-corrected chi connectivity index (χ2v) is 11.4. The first-order valence-corrected chi connectivity index (χ1v) is 18.0. The van der Waals surface area contributed by atoms with E-state index < -0.39 is 0 Å². The monoisotopic (exact) mass is 692 g/mol. The van der Waals surface area contributed by atoms with E-state index in [2.05, 4.69) is 57.6 Å². The molecule has 0 aliphatic carbocycles. The predicted octanol–water partition coefficient (Wildman–Crippen LogP) is 9.65. The fourth-order valence-electron chi connectivity index (χ4n) is 6.07. The topological polar surface area (TPSA) is 120 Å². The smallest absolute Gasteiger partial charge is 0.265 e. The van der Waals surface area contributed by atoms with Crippen molar-refractivity contribution in [2.45, 2.75) is 68.2 Å². The van der Waals surface area contributed by atoms with Gasteiger partial charge in [-0.25, -0.2) is 34.3 Å². The number of benzene rings is 4. The summed E-state index contributed by atoms with van der Waals surface area (Å²) in [6.45, 7) is 16.5. The van der Waals surface area contributed by atoms with Crippen LogP contribution in [0.2, 0.25) is 0 Å². The summed E-state index contributed by atoms with van der Waals surface area (Å²) in [6.07, 6.45) is 8.64. The van der Waals surface area contributed by atoms with Crippen molar-refractivity contribution in [1.29, 1.82) is 0 Å². The molecule has 6 aromatic heterocycles. The maximum atomic E-state index is 12.8. The van der Waals surface area contributed by atoms with Gasteiger partial charge in [-0.05, 0) is 22.9 Å². The van der Waals surface area contributed by atoms with Crippen molar-refractivity contribution in [2.75, 3.05) is 0 Å². The maximum Gasteiger partial charge on any atom is 0.265 e. The fourth-order valence-corrected chi connectivity index (χ4v) is 6.07. The molecule has 10 rings (SSSR count). The molecular weight excluding hydrogens is 649 g/mol. The lowest BCUT2D eigenvalue weighted by Crippen LogP contribution is -2.13. The first-order valence-electron chi connectivity index (χ1n) is 18.0. The van der Waals surface area contributed by atoms with Gasteiger partial charge in [0.1, 0.15) is 29.3 Å². The largest absolute Gasteiger partial charge is 0.268 e. The summed E-state index contributed by atoms with van der Waals surface area (Å²) in [7, 11) is 0. The highest BCUT2D eigenvalue weighted by Crippen LogP contribution is 2.30. The normalized spacial score (nSPS) is 10.6. The van der Waals surface area contributed by atoms with Gasteiger partial charge in [0.25, 0.3) is 11.1 Å². The van der Waals surface area contributed by atoms with Crippen LogP contribution in [-0.2, 0) is 0 Å². The third kappa shape index (κ3) is 6.43. The predicted molar refractivity (Wildman–Crippen MR) is 216 cm³/mol. The average molecular weight is 693 g/mol. The lowest BCUT2D eigenvalue weighted by molar-refractivity contribution is 1.09. The lowest BCUT2D eigenvalue weighted by Gasteiger charge is -2.06. The zero-order chi connectivity index (χ0) is 37.4. The van der Waals surface area contributed by atoms with Crippen molar-refractivity contribution in [2.24, 2.45) is 0 Å². The van der Waals surface area contributed by atoms with Crippen LogP contribution in [0.4, 0.5) is 0 Å². The van der Waals surface area contributed by atoms with Gasteiger partial charge >= 0.3 is 0 Å². The van der Waals surface area contributed by atoms with Crippen LogP contribution in [0.5, 0.6) is 0 Å². The SMILES string of the molecule is CC.CC.CCC.CCC.O=c1c2cccc3cccc(c32)c2nc3cncnc3n12.O=c1c2cccc3cccc(c32)c2nc3ncncc3n12. The second kappa shape index (κ2) is 16.7. The highest BCUT2D eigenvalue weighted by Gasteiger charge is 2.17. The van der Waals surface area contributed by atoms with Gasteiger partial charge < -0.3 is 0 Å². The summed E-state index contributed by atoms with van der Waals surface area (Å²) in [4.78, 5) is 51.1. The van der Waals surface area contributed by atoms with Crippen LogP contribution in [0.1, 0.15) is 68.2 Å². The van der Waals surface area contributed by atoms with Crippen LogP contribution in [-0.4, -0.2) is 38.7 Å². The summed E-state index contributed by atoms with van der Waals surface area (Å²) in [5, 5.41) is 7.31. The van der Waals surface area contributed by atoms with Gasteiger partial charge in [0.15, 0.2) is 16.9 Å². The van der Waals surface area contributed by atoms with E-state index in [-0.39, 0.29) is 11.1 Å². The Morgan fingerprint density at radius 1 is 0.519 bits per heavy atom. The summed E-state index contributed by atoms with van der Waals surface area (Å²) in [6, 6.07) is 23.5. The molecule has 10 aromatic rings. The number of rotatable bonds is 0. The molecule has 0 saturated heterocycles. The van der Waals surface area contributed by atoms with Gasteiger partial charge in [0.2, 0.25) is 0 Å². The molecule has 0 aliphatic rings. The summed E-state index contributed by atoms with van der Waals surface area (Å²) in [5.41, 5.74) is 3.48. The minimum atomic E-state index is -0.0875. The number of hydrogen-bond acceptors (Lipinski definition) is 8. The minimum absolute atomic E-state index is 0.0772. The van der Waals surface area contributed by atoms with E-state index >= 15 is 0 Å². The zero-order valence-corrected chi connectivity index (χ0v) is 31.0. The molecule has 0 unspecified atom stereocenters. The van der Waals surface area contributed by atoms with E-state index in [9.17, 15) is 9.59 Å². The van der Waals surface area contributed by atoms with Crippen LogP contribution in [0, 0.1) is 0 Å². The van der Waals surface area contributed by atoms with E-state index in [0.29, 0.717) is 44.4 Å². The summed E-state index contributed by atoms with van der Waals surface area (Å²) >= 11 is 0. The second-order valence-electron chi connectivity index (χ2n) is 11.4. The first kappa shape index (κ1) is 37.1. The first-order chi connectivity index (χ1) is 25.5. The maximum absolute atomic E-state index is 12.8. The van der Waals surface area contributed by atoms with Crippen molar-refractivity contribution in [3.8, 4) is 0 Å². The Morgan fingerprint density at radius 3 is 1.50 bits per heavy atom. The molecular formula is C42H44N8O2. The van der Waals surface area contributed by atoms with E-state index in [1.54, 1.807) is 21.2 Å². The molecule has 6 heterocycles. The van der Waals surface area contributed by atoms with Gasteiger partial charge in [0, 0.05) is 32.3 Å². The molecule has 52 heavy (non-hydrogen) atoms. The van der Waals surface area contributed by atoms with Crippen molar-refractivity contribution in [3.05, 3.63) is 119 Å². The Kier molecular flexibility index (Phi) is 11.9. The van der Waals surface area contributed by atoms with Crippen LogP contribution in [0.25, 0.3) is 76.7 Å². The fraction of sp³-hybridized carbons (Fsp3) is 0.238. The van der Waals surface area contributed by atoms with Crippen LogP contribution in [0.15, 0.2) is 107 Å². The van der Waals surface area contributed by atoms with Gasteiger partial charge in [-0.2, -0.15) is 0 Å². The van der Waals surface area contributed by atoms with Crippen LogP contribution < -0.4 is 11.1 Å². The highest BCUT2D eigenvalue weighted by molar-refractivity contribution is 6.16. The molecule has 264 valence electrons. The molecule has 0 radical (unpaired) electrons. The van der Waals surface area contributed by atoms with Gasteiger partial charge in [0.05, 0.1) is 12.4 Å². The summed E-state index contributed by atoms with van der Waals surface area (Å²) < 4.78 is 3.18. The Balaban J connectivity index is 0.000000162. The number of imidazole rings is 2. The number of hydrogen-bond donors (Lipinski definition) is 0. The van der Waals surface area contributed by atoms with E-state index in [1.807, 2.05) is 100 Å². The van der Waals surface area contributed by atoms with E-state index in [0.717, 1.165) is 32.3 Å². The number of nitrogens with zero attached hydrogens (tertiary/aromatic N) is 8. The summed E-state index contributed by atoms with van der Waals surface area (Å²) in [5.74, 6) is 0. The molecule has 0 spiro atoms. The number of pyridine rings is 2. The van der Waals surface area contributed by atoms with Crippen molar-refractivity contribution in [3.63, 3.8) is 0 Å². The molecule has 4 aromatic carbocycles. The number of fused-ring (bicyclic) bond motifs is 8. The van der Waals surface area contributed by atoms with Crippen molar-refractivity contribution >= 4 is 76.7 Å². The molecule has 0 atom stereocenters. The van der Waals surface area contributed by atoms with Gasteiger partial charge in [-0.1, -0.05) is 129 Å². The average Bonchev–Trinajstić information content (AvgIpc) is 3.79. The van der Waals surface area contributed by atoms with Gasteiger partial charge in [-0.15, -0.1) is 0 Å².